The van der Waals surface area contributed by atoms with Crippen LogP contribution in [0.1, 0.15) is 29.8 Å². The van der Waals surface area contributed by atoms with Gasteiger partial charge in [-0.05, 0) is 56.7 Å². The van der Waals surface area contributed by atoms with E-state index in [1.165, 1.54) is 0 Å². The molecular formula is C21H22ClN3O2. The molecule has 0 unspecified atom stereocenters. The van der Waals surface area contributed by atoms with Crippen molar-refractivity contribution in [3.8, 4) is 11.4 Å². The van der Waals surface area contributed by atoms with Crippen LogP contribution in [0.15, 0.2) is 54.7 Å². The number of rotatable bonds is 6. The number of benzene rings is 2. The average Bonchev–Trinajstić information content (AvgIpc) is 3.03. The van der Waals surface area contributed by atoms with Gasteiger partial charge in [0.1, 0.15) is 5.75 Å². The number of nitrogens with one attached hydrogen (secondary N) is 1. The quantitative estimate of drug-likeness (QED) is 0.686. The molecule has 0 aliphatic carbocycles. The summed E-state index contributed by atoms with van der Waals surface area (Å²) in [7, 11) is 0. The van der Waals surface area contributed by atoms with Crippen LogP contribution in [0.25, 0.3) is 5.69 Å². The predicted octanol–water partition coefficient (Wildman–Crippen LogP) is 4.40. The summed E-state index contributed by atoms with van der Waals surface area (Å²) < 4.78 is 7.47. The van der Waals surface area contributed by atoms with Crippen LogP contribution >= 0.6 is 11.6 Å². The number of para-hydroxylation sites is 1. The van der Waals surface area contributed by atoms with Gasteiger partial charge in [0.25, 0.3) is 5.91 Å². The second-order valence-electron chi connectivity index (χ2n) is 6.42. The van der Waals surface area contributed by atoms with E-state index < -0.39 is 0 Å². The zero-order chi connectivity index (χ0) is 19.4. The molecule has 2 aromatic carbocycles. The number of halogens is 1. The Morgan fingerprint density at radius 3 is 2.67 bits per heavy atom. The molecule has 0 aliphatic heterocycles. The molecule has 3 aromatic rings. The number of ether oxygens (including phenoxy) is 1. The van der Waals surface area contributed by atoms with Crippen molar-refractivity contribution >= 4 is 17.5 Å². The van der Waals surface area contributed by atoms with Crippen LogP contribution in [-0.4, -0.2) is 22.3 Å². The maximum atomic E-state index is 12.3. The van der Waals surface area contributed by atoms with Crippen LogP contribution in [0.4, 0.5) is 0 Å². The minimum absolute atomic E-state index is 0.0569. The normalized spacial score (nSPS) is 11.9. The maximum Gasteiger partial charge on any atom is 0.258 e. The fourth-order valence-electron chi connectivity index (χ4n) is 2.96. The first kappa shape index (κ1) is 19.0. The van der Waals surface area contributed by atoms with Crippen molar-refractivity contribution in [1.82, 2.24) is 15.1 Å². The molecule has 27 heavy (non-hydrogen) atoms. The van der Waals surface area contributed by atoms with Crippen LogP contribution in [0.5, 0.6) is 5.75 Å². The SMILES string of the molecule is Cc1cc(Cl)ccc1OCC(=O)N[C@@H](C)c1cnn(-c2ccccc2)c1C. The monoisotopic (exact) mass is 383 g/mol. The topological polar surface area (TPSA) is 56.1 Å². The summed E-state index contributed by atoms with van der Waals surface area (Å²) in [5.74, 6) is 0.457. The molecule has 140 valence electrons. The van der Waals surface area contributed by atoms with E-state index >= 15 is 0 Å². The molecule has 0 saturated heterocycles. The Morgan fingerprint density at radius 2 is 1.96 bits per heavy atom. The Labute approximate surface area is 163 Å². The third-order valence-corrected chi connectivity index (χ3v) is 4.62. The van der Waals surface area contributed by atoms with Gasteiger partial charge in [0.15, 0.2) is 6.61 Å². The highest BCUT2D eigenvalue weighted by Crippen LogP contribution is 2.22. The summed E-state index contributed by atoms with van der Waals surface area (Å²) in [4.78, 5) is 12.3. The second-order valence-corrected chi connectivity index (χ2v) is 6.86. The zero-order valence-electron chi connectivity index (χ0n) is 15.6. The Balaban J connectivity index is 1.62. The summed E-state index contributed by atoms with van der Waals surface area (Å²) in [6.07, 6.45) is 1.79. The first-order valence-electron chi connectivity index (χ1n) is 8.74. The van der Waals surface area contributed by atoms with E-state index in [-0.39, 0.29) is 18.6 Å². The molecule has 1 aromatic heterocycles. The fraction of sp³-hybridized carbons (Fsp3) is 0.238. The van der Waals surface area contributed by atoms with Crippen molar-refractivity contribution < 1.29 is 9.53 Å². The van der Waals surface area contributed by atoms with Gasteiger partial charge < -0.3 is 10.1 Å². The van der Waals surface area contributed by atoms with Crippen molar-refractivity contribution in [3.63, 3.8) is 0 Å². The molecule has 0 bridgehead atoms. The first-order valence-corrected chi connectivity index (χ1v) is 9.11. The maximum absolute atomic E-state index is 12.3. The third kappa shape index (κ3) is 4.49. The lowest BCUT2D eigenvalue weighted by atomic mass is 10.1. The standard InChI is InChI=1S/C21H22ClN3O2/c1-14-11-17(22)9-10-20(14)27-13-21(26)24-15(2)19-12-23-25(16(19)3)18-7-5-4-6-8-18/h4-12,15H,13H2,1-3H3,(H,24,26)/t15-/m0/s1. The molecule has 3 rings (SSSR count). The number of carbonyl (C=O) groups is 1. The van der Waals surface area contributed by atoms with Crippen molar-refractivity contribution in [3.05, 3.63) is 76.6 Å². The number of carbonyl (C=O) groups excluding carboxylic acids is 1. The Bertz CT molecular complexity index is 938. The molecule has 1 N–H and O–H groups in total. The lowest BCUT2D eigenvalue weighted by molar-refractivity contribution is -0.123. The molecule has 1 heterocycles. The number of aryl methyl sites for hydroxylation is 1. The van der Waals surface area contributed by atoms with Gasteiger partial charge >= 0.3 is 0 Å². The molecule has 5 nitrogen and oxygen atoms in total. The van der Waals surface area contributed by atoms with E-state index in [1.54, 1.807) is 24.4 Å². The van der Waals surface area contributed by atoms with Gasteiger partial charge in [0.05, 0.1) is 17.9 Å². The largest absolute Gasteiger partial charge is 0.484 e. The minimum Gasteiger partial charge on any atom is -0.484 e. The summed E-state index contributed by atoms with van der Waals surface area (Å²) in [6, 6.07) is 15.0. The molecule has 1 amide bonds. The van der Waals surface area contributed by atoms with Gasteiger partial charge in [-0.25, -0.2) is 4.68 Å². The molecule has 0 spiro atoms. The molecule has 0 fully saturated rings. The van der Waals surface area contributed by atoms with Crippen LogP contribution in [0.2, 0.25) is 5.02 Å². The third-order valence-electron chi connectivity index (χ3n) is 4.39. The summed E-state index contributed by atoms with van der Waals surface area (Å²) >= 11 is 5.93. The predicted molar refractivity (Wildman–Crippen MR) is 107 cm³/mol. The Hall–Kier alpha value is -2.79. The molecular weight excluding hydrogens is 362 g/mol. The number of hydrogen-bond acceptors (Lipinski definition) is 3. The van der Waals surface area contributed by atoms with Crippen molar-refractivity contribution in [2.24, 2.45) is 0 Å². The van der Waals surface area contributed by atoms with Crippen molar-refractivity contribution in [2.45, 2.75) is 26.8 Å². The first-order chi connectivity index (χ1) is 13.0. The number of aromatic nitrogens is 2. The molecule has 6 heteroatoms. The molecule has 0 saturated carbocycles. The van der Waals surface area contributed by atoms with E-state index in [0.717, 1.165) is 22.5 Å². The summed E-state index contributed by atoms with van der Waals surface area (Å²) in [6.45, 7) is 5.76. The second kappa shape index (κ2) is 8.27. The van der Waals surface area contributed by atoms with Gasteiger partial charge in [0, 0.05) is 16.3 Å². The van der Waals surface area contributed by atoms with E-state index in [1.807, 2.05) is 55.8 Å². The number of nitrogens with zero attached hydrogens (tertiary/aromatic N) is 2. The van der Waals surface area contributed by atoms with Crippen molar-refractivity contribution in [1.29, 1.82) is 0 Å². The zero-order valence-corrected chi connectivity index (χ0v) is 16.3. The number of amides is 1. The molecule has 0 aliphatic rings. The van der Waals surface area contributed by atoms with Gasteiger partial charge in [-0.3, -0.25) is 4.79 Å². The number of hydrogen-bond donors (Lipinski definition) is 1. The highest BCUT2D eigenvalue weighted by atomic mass is 35.5. The van der Waals surface area contributed by atoms with Crippen LogP contribution in [-0.2, 0) is 4.79 Å². The Morgan fingerprint density at radius 1 is 1.22 bits per heavy atom. The van der Waals surface area contributed by atoms with E-state index in [0.29, 0.717) is 10.8 Å². The molecule has 0 radical (unpaired) electrons. The summed E-state index contributed by atoms with van der Waals surface area (Å²) in [5.41, 5.74) is 3.84. The van der Waals surface area contributed by atoms with Crippen LogP contribution < -0.4 is 10.1 Å². The van der Waals surface area contributed by atoms with E-state index in [2.05, 4.69) is 10.4 Å². The van der Waals surface area contributed by atoms with Gasteiger partial charge in [-0.2, -0.15) is 5.10 Å². The van der Waals surface area contributed by atoms with E-state index in [4.69, 9.17) is 16.3 Å². The Kier molecular flexibility index (Phi) is 5.81. The summed E-state index contributed by atoms with van der Waals surface area (Å²) in [5, 5.41) is 8.05. The van der Waals surface area contributed by atoms with Gasteiger partial charge in [-0.15, -0.1) is 0 Å². The van der Waals surface area contributed by atoms with Gasteiger partial charge in [-0.1, -0.05) is 29.8 Å². The smallest absolute Gasteiger partial charge is 0.258 e. The highest BCUT2D eigenvalue weighted by molar-refractivity contribution is 6.30. The lowest BCUT2D eigenvalue weighted by Gasteiger charge is -2.15. The van der Waals surface area contributed by atoms with Crippen molar-refractivity contribution in [2.75, 3.05) is 6.61 Å². The highest BCUT2D eigenvalue weighted by Gasteiger charge is 2.16. The molecule has 1 atom stereocenters. The fourth-order valence-corrected chi connectivity index (χ4v) is 3.18. The van der Waals surface area contributed by atoms with Crippen LogP contribution in [0, 0.1) is 13.8 Å². The van der Waals surface area contributed by atoms with E-state index in [9.17, 15) is 4.79 Å². The lowest BCUT2D eigenvalue weighted by Crippen LogP contribution is -2.31. The minimum atomic E-state index is -0.191. The van der Waals surface area contributed by atoms with Gasteiger partial charge in [0.2, 0.25) is 0 Å². The average molecular weight is 384 g/mol. The van der Waals surface area contributed by atoms with Crippen LogP contribution in [0.3, 0.4) is 0 Å².